The summed E-state index contributed by atoms with van der Waals surface area (Å²) in [5.74, 6) is 0.835. The van der Waals surface area contributed by atoms with Gasteiger partial charge in [-0.25, -0.2) is 0 Å². The smallest absolute Gasteiger partial charge is 0.258 e. The predicted molar refractivity (Wildman–Crippen MR) is 83.3 cm³/mol. The van der Waals surface area contributed by atoms with E-state index in [0.29, 0.717) is 18.7 Å². The Morgan fingerprint density at radius 3 is 2.86 bits per heavy atom. The summed E-state index contributed by atoms with van der Waals surface area (Å²) in [6.45, 7) is 3.71. The van der Waals surface area contributed by atoms with Crippen LogP contribution in [0.2, 0.25) is 0 Å². The molecule has 1 N–H and O–H groups in total. The summed E-state index contributed by atoms with van der Waals surface area (Å²) in [5, 5.41) is 15.4. The fourth-order valence-corrected chi connectivity index (χ4v) is 2.62. The lowest BCUT2D eigenvalue weighted by Gasteiger charge is -2.16. The SMILES string of the molecule is CCC[C@](C)(O)c1nc(Cc2cccc3cccnc23)no1. The van der Waals surface area contributed by atoms with Gasteiger partial charge in [0.1, 0.15) is 5.60 Å². The average Bonchev–Trinajstić information content (AvgIpc) is 2.97. The van der Waals surface area contributed by atoms with Crippen molar-refractivity contribution in [2.24, 2.45) is 0 Å². The van der Waals surface area contributed by atoms with Crippen molar-refractivity contribution >= 4 is 10.9 Å². The Morgan fingerprint density at radius 2 is 2.05 bits per heavy atom. The van der Waals surface area contributed by atoms with Gasteiger partial charge in [-0.3, -0.25) is 4.98 Å². The third-order valence-corrected chi connectivity index (χ3v) is 3.73. The number of rotatable bonds is 5. The molecule has 0 unspecified atom stereocenters. The molecule has 114 valence electrons. The number of aromatic nitrogens is 3. The Hall–Kier alpha value is -2.27. The fourth-order valence-electron chi connectivity index (χ4n) is 2.62. The van der Waals surface area contributed by atoms with E-state index >= 15 is 0 Å². The summed E-state index contributed by atoms with van der Waals surface area (Å²) in [6.07, 6.45) is 3.74. The van der Waals surface area contributed by atoms with Crippen LogP contribution in [0.1, 0.15) is 44.0 Å². The van der Waals surface area contributed by atoms with Crippen LogP contribution in [-0.2, 0) is 12.0 Å². The van der Waals surface area contributed by atoms with Crippen LogP contribution in [-0.4, -0.2) is 20.2 Å². The normalized spacial score (nSPS) is 14.1. The highest BCUT2D eigenvalue weighted by Crippen LogP contribution is 2.25. The number of nitrogens with zero attached hydrogens (tertiary/aromatic N) is 3. The highest BCUT2D eigenvalue weighted by atomic mass is 16.5. The molecule has 3 rings (SSSR count). The van der Waals surface area contributed by atoms with Gasteiger partial charge in [0.25, 0.3) is 5.89 Å². The quantitative estimate of drug-likeness (QED) is 0.783. The summed E-state index contributed by atoms with van der Waals surface area (Å²) in [6, 6.07) is 9.97. The van der Waals surface area contributed by atoms with Gasteiger partial charge in [0.15, 0.2) is 5.82 Å². The second-order valence-corrected chi connectivity index (χ2v) is 5.71. The third-order valence-electron chi connectivity index (χ3n) is 3.73. The Kier molecular flexibility index (Phi) is 3.90. The first-order valence-electron chi connectivity index (χ1n) is 7.48. The molecule has 1 atom stereocenters. The highest BCUT2D eigenvalue weighted by Gasteiger charge is 2.29. The molecule has 0 saturated heterocycles. The molecule has 0 aliphatic carbocycles. The van der Waals surface area contributed by atoms with E-state index < -0.39 is 5.60 Å². The summed E-state index contributed by atoms with van der Waals surface area (Å²) in [5.41, 5.74) is 0.911. The Labute approximate surface area is 129 Å². The van der Waals surface area contributed by atoms with Crippen LogP contribution in [0.15, 0.2) is 41.1 Å². The summed E-state index contributed by atoms with van der Waals surface area (Å²) in [7, 11) is 0. The van der Waals surface area contributed by atoms with Crippen LogP contribution in [0.3, 0.4) is 0 Å². The van der Waals surface area contributed by atoms with E-state index in [-0.39, 0.29) is 5.89 Å². The Bertz CT molecular complexity index is 775. The number of hydrogen-bond acceptors (Lipinski definition) is 5. The van der Waals surface area contributed by atoms with E-state index in [9.17, 15) is 5.11 Å². The van der Waals surface area contributed by atoms with Crippen molar-refractivity contribution in [2.75, 3.05) is 0 Å². The maximum atomic E-state index is 10.3. The first-order valence-corrected chi connectivity index (χ1v) is 7.48. The summed E-state index contributed by atoms with van der Waals surface area (Å²) < 4.78 is 5.23. The first kappa shape index (κ1) is 14.7. The number of aliphatic hydroxyl groups is 1. The lowest BCUT2D eigenvalue weighted by molar-refractivity contribution is 0.0138. The first-order chi connectivity index (χ1) is 10.6. The van der Waals surface area contributed by atoms with Gasteiger partial charge in [-0.05, 0) is 25.0 Å². The molecule has 0 spiro atoms. The van der Waals surface area contributed by atoms with Gasteiger partial charge in [-0.1, -0.05) is 42.8 Å². The maximum Gasteiger partial charge on any atom is 0.258 e. The molecule has 2 aromatic heterocycles. The lowest BCUT2D eigenvalue weighted by Crippen LogP contribution is -2.21. The van der Waals surface area contributed by atoms with E-state index in [0.717, 1.165) is 22.9 Å². The van der Waals surface area contributed by atoms with E-state index in [1.807, 2.05) is 37.3 Å². The van der Waals surface area contributed by atoms with Gasteiger partial charge in [0.05, 0.1) is 5.52 Å². The zero-order valence-corrected chi connectivity index (χ0v) is 12.8. The largest absolute Gasteiger partial charge is 0.380 e. The Balaban J connectivity index is 1.89. The minimum atomic E-state index is -1.07. The molecule has 5 nitrogen and oxygen atoms in total. The predicted octanol–water partition coefficient (Wildman–Crippen LogP) is 3.22. The van der Waals surface area contributed by atoms with E-state index in [1.54, 1.807) is 13.1 Å². The molecule has 0 fully saturated rings. The van der Waals surface area contributed by atoms with Crippen LogP contribution in [0.5, 0.6) is 0 Å². The molecular weight excluding hydrogens is 278 g/mol. The van der Waals surface area contributed by atoms with Crippen LogP contribution >= 0.6 is 0 Å². The lowest BCUT2D eigenvalue weighted by atomic mass is 10.0. The van der Waals surface area contributed by atoms with Gasteiger partial charge in [0, 0.05) is 18.0 Å². The molecule has 22 heavy (non-hydrogen) atoms. The number of pyridine rings is 1. The molecule has 0 aliphatic rings. The van der Waals surface area contributed by atoms with Crippen LogP contribution < -0.4 is 0 Å². The van der Waals surface area contributed by atoms with Crippen molar-refractivity contribution < 1.29 is 9.63 Å². The van der Waals surface area contributed by atoms with Crippen molar-refractivity contribution in [2.45, 2.75) is 38.7 Å². The molecule has 2 heterocycles. The molecule has 0 bridgehead atoms. The second kappa shape index (κ2) is 5.85. The van der Waals surface area contributed by atoms with Gasteiger partial charge >= 0.3 is 0 Å². The van der Waals surface area contributed by atoms with Gasteiger partial charge in [0.2, 0.25) is 0 Å². The van der Waals surface area contributed by atoms with Crippen LogP contribution in [0.4, 0.5) is 0 Å². The van der Waals surface area contributed by atoms with Crippen molar-refractivity contribution in [1.29, 1.82) is 0 Å². The highest BCUT2D eigenvalue weighted by molar-refractivity contribution is 5.81. The Morgan fingerprint density at radius 1 is 1.23 bits per heavy atom. The van der Waals surface area contributed by atoms with E-state index in [1.165, 1.54) is 0 Å². The van der Waals surface area contributed by atoms with Crippen molar-refractivity contribution in [3.8, 4) is 0 Å². The van der Waals surface area contributed by atoms with E-state index in [4.69, 9.17) is 4.52 Å². The number of para-hydroxylation sites is 1. The van der Waals surface area contributed by atoms with E-state index in [2.05, 4.69) is 15.1 Å². The molecule has 3 aromatic rings. The maximum absolute atomic E-state index is 10.3. The molecule has 0 saturated carbocycles. The number of benzene rings is 1. The second-order valence-electron chi connectivity index (χ2n) is 5.71. The molecule has 0 amide bonds. The monoisotopic (exact) mass is 297 g/mol. The molecule has 5 heteroatoms. The third kappa shape index (κ3) is 2.85. The zero-order chi connectivity index (χ0) is 15.6. The topological polar surface area (TPSA) is 72.0 Å². The number of fused-ring (bicyclic) bond motifs is 1. The summed E-state index contributed by atoms with van der Waals surface area (Å²) in [4.78, 5) is 8.77. The zero-order valence-electron chi connectivity index (χ0n) is 12.8. The number of hydrogen-bond donors (Lipinski definition) is 1. The fraction of sp³-hybridized carbons (Fsp3) is 0.353. The standard InChI is InChI=1S/C17H19N3O2/c1-3-9-17(2,21)16-19-14(20-22-16)11-13-7-4-6-12-8-5-10-18-15(12)13/h4-8,10,21H,3,9,11H2,1-2H3/t17-/m0/s1. The molecule has 0 radical (unpaired) electrons. The molecular formula is C17H19N3O2. The van der Waals surface area contributed by atoms with Gasteiger partial charge in [-0.15, -0.1) is 0 Å². The summed E-state index contributed by atoms with van der Waals surface area (Å²) >= 11 is 0. The van der Waals surface area contributed by atoms with Crippen molar-refractivity contribution in [3.05, 3.63) is 53.8 Å². The molecule has 1 aromatic carbocycles. The van der Waals surface area contributed by atoms with Crippen molar-refractivity contribution in [3.63, 3.8) is 0 Å². The van der Waals surface area contributed by atoms with Crippen molar-refractivity contribution in [1.82, 2.24) is 15.1 Å². The molecule has 0 aliphatic heterocycles. The minimum Gasteiger partial charge on any atom is -0.380 e. The average molecular weight is 297 g/mol. The minimum absolute atomic E-state index is 0.276. The van der Waals surface area contributed by atoms with Crippen LogP contribution in [0, 0.1) is 0 Å². The van der Waals surface area contributed by atoms with Gasteiger partial charge in [-0.2, -0.15) is 4.98 Å². The van der Waals surface area contributed by atoms with Gasteiger partial charge < -0.3 is 9.63 Å². The van der Waals surface area contributed by atoms with Crippen LogP contribution in [0.25, 0.3) is 10.9 Å².